The van der Waals surface area contributed by atoms with Crippen LogP contribution in [0.1, 0.15) is 37.6 Å². The molecule has 0 spiro atoms. The molecular weight excluding hydrogens is 288 g/mol. The Labute approximate surface area is 127 Å². The van der Waals surface area contributed by atoms with Crippen molar-refractivity contribution >= 4 is 10.0 Å². The first-order chi connectivity index (χ1) is 9.95. The smallest absolute Gasteiger partial charge is 0.244 e. The maximum Gasteiger partial charge on any atom is 0.244 e. The van der Waals surface area contributed by atoms with Crippen molar-refractivity contribution in [2.24, 2.45) is 5.92 Å². The summed E-state index contributed by atoms with van der Waals surface area (Å²) in [6, 6.07) is 0. The number of hydrogen-bond acceptors (Lipinski definition) is 4. The highest BCUT2D eigenvalue weighted by atomic mass is 32.2. The second-order valence-electron chi connectivity index (χ2n) is 5.77. The standard InChI is InChI=1S/C14H26N4O2S/c1-4-7-15-8-9-18-12(3)14(11(2)17-18)21(19,20)16-10-13-5-6-13/h13,15-16H,4-10H2,1-3H3. The maximum absolute atomic E-state index is 12.4. The van der Waals surface area contributed by atoms with E-state index >= 15 is 0 Å². The van der Waals surface area contributed by atoms with Crippen LogP contribution in [0.15, 0.2) is 4.90 Å². The van der Waals surface area contributed by atoms with Crippen molar-refractivity contribution in [1.29, 1.82) is 0 Å². The predicted molar refractivity (Wildman–Crippen MR) is 82.8 cm³/mol. The molecule has 0 aromatic carbocycles. The van der Waals surface area contributed by atoms with Gasteiger partial charge in [-0.15, -0.1) is 0 Å². The van der Waals surface area contributed by atoms with E-state index in [0.29, 0.717) is 35.3 Å². The number of hydrogen-bond donors (Lipinski definition) is 2. The molecule has 0 saturated heterocycles. The minimum Gasteiger partial charge on any atom is -0.315 e. The molecule has 0 amide bonds. The molecule has 0 unspecified atom stereocenters. The van der Waals surface area contributed by atoms with Crippen LogP contribution in [0, 0.1) is 19.8 Å². The van der Waals surface area contributed by atoms with Crippen molar-refractivity contribution in [2.75, 3.05) is 19.6 Å². The molecule has 21 heavy (non-hydrogen) atoms. The predicted octanol–water partition coefficient (Wildman–Crippen LogP) is 1.19. The average molecular weight is 314 g/mol. The first-order valence-corrected chi connectivity index (χ1v) is 9.18. The van der Waals surface area contributed by atoms with Gasteiger partial charge in [-0.3, -0.25) is 4.68 Å². The van der Waals surface area contributed by atoms with Gasteiger partial charge in [-0.25, -0.2) is 13.1 Å². The fourth-order valence-corrected chi connectivity index (χ4v) is 3.92. The molecule has 0 radical (unpaired) electrons. The third-order valence-corrected chi connectivity index (χ3v) is 5.44. The minimum absolute atomic E-state index is 0.346. The quantitative estimate of drug-likeness (QED) is 0.671. The lowest BCUT2D eigenvalue weighted by molar-refractivity contribution is 0.539. The van der Waals surface area contributed by atoms with E-state index in [1.165, 1.54) is 0 Å². The summed E-state index contributed by atoms with van der Waals surface area (Å²) in [7, 11) is -3.44. The average Bonchev–Trinajstić information content (AvgIpc) is 3.19. The van der Waals surface area contributed by atoms with E-state index in [2.05, 4.69) is 22.1 Å². The Morgan fingerprint density at radius 3 is 2.62 bits per heavy atom. The van der Waals surface area contributed by atoms with Gasteiger partial charge in [-0.2, -0.15) is 5.10 Å². The molecule has 0 atom stereocenters. The molecule has 120 valence electrons. The van der Waals surface area contributed by atoms with Crippen molar-refractivity contribution in [3.63, 3.8) is 0 Å². The second-order valence-corrected chi connectivity index (χ2v) is 7.47. The third kappa shape index (κ3) is 4.28. The summed E-state index contributed by atoms with van der Waals surface area (Å²) in [5.74, 6) is 0.522. The first kappa shape index (κ1) is 16.5. The summed E-state index contributed by atoms with van der Waals surface area (Å²) in [6.45, 7) is 8.69. The van der Waals surface area contributed by atoms with Gasteiger partial charge in [0.05, 0.1) is 17.9 Å². The van der Waals surface area contributed by atoms with Gasteiger partial charge in [-0.1, -0.05) is 6.92 Å². The van der Waals surface area contributed by atoms with E-state index in [4.69, 9.17) is 0 Å². The summed E-state index contributed by atoms with van der Waals surface area (Å²) in [4.78, 5) is 0.346. The fraction of sp³-hybridized carbons (Fsp3) is 0.786. The van der Waals surface area contributed by atoms with Crippen LogP contribution in [0.3, 0.4) is 0 Å². The molecule has 0 bridgehead atoms. The van der Waals surface area contributed by atoms with Gasteiger partial charge in [-0.05, 0) is 45.6 Å². The van der Waals surface area contributed by atoms with Gasteiger partial charge in [0.2, 0.25) is 10.0 Å². The summed E-state index contributed by atoms with van der Waals surface area (Å²) in [5.41, 5.74) is 1.29. The SMILES string of the molecule is CCCNCCn1nc(C)c(S(=O)(=O)NCC2CC2)c1C. The molecule has 2 N–H and O–H groups in total. The van der Waals surface area contributed by atoms with Crippen molar-refractivity contribution in [2.45, 2.75) is 51.5 Å². The van der Waals surface area contributed by atoms with Crippen molar-refractivity contribution < 1.29 is 8.42 Å². The van der Waals surface area contributed by atoms with E-state index < -0.39 is 10.0 Å². The number of nitrogens with one attached hydrogen (secondary N) is 2. The summed E-state index contributed by atoms with van der Waals surface area (Å²) < 4.78 is 29.3. The first-order valence-electron chi connectivity index (χ1n) is 7.70. The molecule has 2 rings (SSSR count). The van der Waals surface area contributed by atoms with Crippen molar-refractivity contribution in [1.82, 2.24) is 19.8 Å². The Hall–Kier alpha value is -0.920. The van der Waals surface area contributed by atoms with Crippen LogP contribution < -0.4 is 10.0 Å². The van der Waals surface area contributed by atoms with E-state index in [1.807, 2.05) is 6.92 Å². The largest absolute Gasteiger partial charge is 0.315 e. The molecule has 1 aliphatic rings. The molecule has 1 aromatic rings. The van der Waals surface area contributed by atoms with E-state index in [9.17, 15) is 8.42 Å². The zero-order valence-corrected chi connectivity index (χ0v) is 14.0. The Morgan fingerprint density at radius 2 is 2.00 bits per heavy atom. The summed E-state index contributed by atoms with van der Waals surface area (Å²) in [5, 5.41) is 7.67. The summed E-state index contributed by atoms with van der Waals surface area (Å²) in [6.07, 6.45) is 3.34. The monoisotopic (exact) mass is 314 g/mol. The van der Waals surface area contributed by atoms with Crippen LogP contribution in [0.5, 0.6) is 0 Å². The van der Waals surface area contributed by atoms with Gasteiger partial charge < -0.3 is 5.32 Å². The lowest BCUT2D eigenvalue weighted by atomic mass is 10.4. The molecule has 1 fully saturated rings. The molecule has 1 saturated carbocycles. The van der Waals surface area contributed by atoms with Gasteiger partial charge in [0.15, 0.2) is 0 Å². The lowest BCUT2D eigenvalue weighted by Gasteiger charge is -2.08. The number of nitrogens with zero attached hydrogens (tertiary/aromatic N) is 2. The van der Waals surface area contributed by atoms with Crippen LogP contribution in [0.4, 0.5) is 0 Å². The Balaban J connectivity index is 2.06. The van der Waals surface area contributed by atoms with Crippen LogP contribution in [0.25, 0.3) is 0 Å². The zero-order valence-electron chi connectivity index (χ0n) is 13.1. The number of rotatable bonds is 9. The Kier molecular flexibility index (Phi) is 5.40. The Bertz CT molecular complexity index is 576. The molecule has 1 aliphatic carbocycles. The molecule has 1 aromatic heterocycles. The molecule has 0 aliphatic heterocycles. The molecular formula is C14H26N4O2S. The van der Waals surface area contributed by atoms with Gasteiger partial charge in [0.25, 0.3) is 0 Å². The highest BCUT2D eigenvalue weighted by Gasteiger charge is 2.28. The maximum atomic E-state index is 12.4. The van der Waals surface area contributed by atoms with E-state index in [0.717, 1.165) is 32.4 Å². The fourth-order valence-electron chi connectivity index (χ4n) is 2.40. The van der Waals surface area contributed by atoms with E-state index in [-0.39, 0.29) is 0 Å². The van der Waals surface area contributed by atoms with Crippen molar-refractivity contribution in [3.8, 4) is 0 Å². The third-order valence-electron chi connectivity index (χ3n) is 3.77. The van der Waals surface area contributed by atoms with Gasteiger partial charge >= 0.3 is 0 Å². The lowest BCUT2D eigenvalue weighted by Crippen LogP contribution is -2.27. The zero-order chi connectivity index (χ0) is 15.5. The topological polar surface area (TPSA) is 76.0 Å². The van der Waals surface area contributed by atoms with Gasteiger partial charge in [0.1, 0.15) is 4.90 Å². The number of aromatic nitrogens is 2. The van der Waals surface area contributed by atoms with Gasteiger partial charge in [0, 0.05) is 13.1 Å². The highest BCUT2D eigenvalue weighted by Crippen LogP contribution is 2.28. The van der Waals surface area contributed by atoms with Crippen LogP contribution in [0.2, 0.25) is 0 Å². The summed E-state index contributed by atoms with van der Waals surface area (Å²) >= 11 is 0. The molecule has 6 nitrogen and oxygen atoms in total. The Morgan fingerprint density at radius 1 is 1.29 bits per heavy atom. The van der Waals surface area contributed by atoms with Crippen molar-refractivity contribution in [3.05, 3.63) is 11.4 Å². The number of aryl methyl sites for hydroxylation is 1. The molecule has 7 heteroatoms. The normalized spacial score (nSPS) is 15.6. The second kappa shape index (κ2) is 6.89. The highest BCUT2D eigenvalue weighted by molar-refractivity contribution is 7.89. The van der Waals surface area contributed by atoms with Crippen LogP contribution in [-0.4, -0.2) is 37.8 Å². The van der Waals surface area contributed by atoms with Crippen LogP contribution in [-0.2, 0) is 16.6 Å². The minimum atomic E-state index is -3.44. The molecule has 1 heterocycles. The van der Waals surface area contributed by atoms with E-state index in [1.54, 1.807) is 11.6 Å². The number of sulfonamides is 1. The van der Waals surface area contributed by atoms with Crippen LogP contribution >= 0.6 is 0 Å².